The molecule has 1 saturated heterocycles. The second-order valence-electron chi connectivity index (χ2n) is 10.3. The second kappa shape index (κ2) is 9.76. The summed E-state index contributed by atoms with van der Waals surface area (Å²) in [6.45, 7) is 6.99. The van der Waals surface area contributed by atoms with Crippen molar-refractivity contribution < 1.29 is 22.0 Å². The number of rotatable bonds is 7. The van der Waals surface area contributed by atoms with Crippen LogP contribution >= 0.6 is 11.3 Å². The van der Waals surface area contributed by atoms with Crippen LogP contribution in [-0.2, 0) is 21.9 Å². The average Bonchev–Trinajstić information content (AvgIpc) is 3.31. The van der Waals surface area contributed by atoms with E-state index in [2.05, 4.69) is 20.0 Å². The van der Waals surface area contributed by atoms with Gasteiger partial charge in [0.15, 0.2) is 10.0 Å². The average molecular weight is 579 g/mol. The minimum absolute atomic E-state index is 0.0491. The van der Waals surface area contributed by atoms with Gasteiger partial charge in [-0.2, -0.15) is 15.1 Å². The van der Waals surface area contributed by atoms with Gasteiger partial charge in [-0.3, -0.25) is 9.48 Å². The van der Waals surface area contributed by atoms with Gasteiger partial charge in [0, 0.05) is 44.0 Å². The number of carbonyl (C=O) groups is 1. The molecule has 1 amide bonds. The predicted molar refractivity (Wildman–Crippen MR) is 141 cm³/mol. The van der Waals surface area contributed by atoms with E-state index in [4.69, 9.17) is 0 Å². The van der Waals surface area contributed by atoms with E-state index < -0.39 is 27.0 Å². The van der Waals surface area contributed by atoms with Crippen LogP contribution in [0.25, 0.3) is 21.6 Å². The first-order valence-electron chi connectivity index (χ1n) is 12.5. The van der Waals surface area contributed by atoms with E-state index in [1.807, 2.05) is 36.6 Å². The highest BCUT2D eigenvalue weighted by atomic mass is 32.2. The number of anilines is 1. The third-order valence-corrected chi connectivity index (χ3v) is 9.52. The molecule has 3 aromatic rings. The summed E-state index contributed by atoms with van der Waals surface area (Å²) in [5.41, 5.74) is 0.264. The molecule has 1 aliphatic carbocycles. The van der Waals surface area contributed by atoms with Crippen molar-refractivity contribution in [3.8, 4) is 16.8 Å². The zero-order chi connectivity index (χ0) is 28.3. The van der Waals surface area contributed by atoms with Crippen molar-refractivity contribution in [3.63, 3.8) is 0 Å². The van der Waals surface area contributed by atoms with Crippen molar-refractivity contribution in [3.05, 3.63) is 17.1 Å². The molecule has 15 heteroatoms. The van der Waals surface area contributed by atoms with Gasteiger partial charge in [-0.25, -0.2) is 17.2 Å². The number of fused-ring (bicyclic) bond motifs is 1. The third-order valence-electron chi connectivity index (χ3n) is 7.07. The van der Waals surface area contributed by atoms with E-state index in [1.54, 1.807) is 17.8 Å². The van der Waals surface area contributed by atoms with Crippen LogP contribution in [0.4, 0.5) is 14.5 Å². The largest absolute Gasteiger partial charge is 0.366 e. The Kier molecular flexibility index (Phi) is 6.84. The molecule has 11 nitrogen and oxygen atoms in total. The lowest BCUT2D eigenvalue weighted by atomic mass is 10.1. The molecule has 0 spiro atoms. The van der Waals surface area contributed by atoms with Gasteiger partial charge in [0.05, 0.1) is 22.2 Å². The maximum Gasteiger partial charge on any atom is 0.291 e. The molecule has 1 N–H and O–H groups in total. The summed E-state index contributed by atoms with van der Waals surface area (Å²) in [5, 5.41) is 21.5. The van der Waals surface area contributed by atoms with E-state index in [9.17, 15) is 27.3 Å². The Morgan fingerprint density at radius 2 is 1.97 bits per heavy atom. The van der Waals surface area contributed by atoms with Crippen LogP contribution in [0.1, 0.15) is 45.0 Å². The highest BCUT2D eigenvalue weighted by Gasteiger charge is 2.47. The Balaban J connectivity index is 1.64. The first kappa shape index (κ1) is 27.4. The molecule has 0 radical (unpaired) electrons. The SMILES string of the molecule is CC(C)C(=O)N1CCN(c2cc(S(=O)(=O)NC3(C#N)CC3)cc3c(-c4nnc(C(F)F)s4)nn(C)c23)C[C@@H]1C. The Labute approximate surface area is 228 Å². The minimum Gasteiger partial charge on any atom is -0.366 e. The molecule has 208 valence electrons. The lowest BCUT2D eigenvalue weighted by Crippen LogP contribution is -2.55. The first-order valence-corrected chi connectivity index (χ1v) is 14.8. The van der Waals surface area contributed by atoms with Crippen LogP contribution in [0, 0.1) is 17.2 Å². The highest BCUT2D eigenvalue weighted by Crippen LogP contribution is 2.40. The van der Waals surface area contributed by atoms with E-state index in [-0.39, 0.29) is 33.5 Å². The van der Waals surface area contributed by atoms with Gasteiger partial charge in [0.2, 0.25) is 15.9 Å². The minimum atomic E-state index is -4.12. The molecule has 2 aliphatic rings. The van der Waals surface area contributed by atoms with E-state index in [1.165, 1.54) is 6.07 Å². The number of nitrogens with zero attached hydrogens (tertiary/aromatic N) is 7. The number of benzene rings is 1. The molecule has 3 heterocycles. The van der Waals surface area contributed by atoms with Crippen LogP contribution in [0.3, 0.4) is 0 Å². The third kappa shape index (κ3) is 4.96. The first-order chi connectivity index (χ1) is 18.4. The van der Waals surface area contributed by atoms with Gasteiger partial charge in [0.25, 0.3) is 6.43 Å². The van der Waals surface area contributed by atoms with Crippen LogP contribution in [0.5, 0.6) is 0 Å². The molecular weight excluding hydrogens is 550 g/mol. The Morgan fingerprint density at radius 3 is 2.54 bits per heavy atom. The highest BCUT2D eigenvalue weighted by molar-refractivity contribution is 7.89. The number of nitriles is 1. The number of aromatic nitrogens is 4. The number of nitrogens with one attached hydrogen (secondary N) is 1. The molecule has 0 bridgehead atoms. The molecule has 0 unspecified atom stereocenters. The molecule has 5 rings (SSSR count). The number of carbonyl (C=O) groups excluding carboxylic acids is 1. The molecule has 39 heavy (non-hydrogen) atoms. The number of piperazine rings is 1. The van der Waals surface area contributed by atoms with Crippen LogP contribution in [0.2, 0.25) is 0 Å². The van der Waals surface area contributed by atoms with Crippen molar-refractivity contribution in [2.24, 2.45) is 13.0 Å². The Hall–Kier alpha value is -3.22. The Morgan fingerprint density at radius 1 is 1.26 bits per heavy atom. The zero-order valence-corrected chi connectivity index (χ0v) is 23.5. The van der Waals surface area contributed by atoms with Gasteiger partial charge >= 0.3 is 0 Å². The number of hydrogen-bond donors (Lipinski definition) is 1. The summed E-state index contributed by atoms with van der Waals surface area (Å²) in [6.07, 6.45) is -1.96. The fourth-order valence-corrected chi connectivity index (χ4v) is 6.97. The molecule has 1 atom stereocenters. The smallest absolute Gasteiger partial charge is 0.291 e. The number of hydrogen-bond acceptors (Lipinski definition) is 9. The molecule has 2 aromatic heterocycles. The van der Waals surface area contributed by atoms with E-state index >= 15 is 0 Å². The molecule has 1 aromatic carbocycles. The summed E-state index contributed by atoms with van der Waals surface area (Å²) in [5.74, 6) is -0.0993. The summed E-state index contributed by atoms with van der Waals surface area (Å²) in [6, 6.07) is 4.87. The van der Waals surface area contributed by atoms with Crippen molar-refractivity contribution in [2.75, 3.05) is 24.5 Å². The van der Waals surface area contributed by atoms with Gasteiger partial charge < -0.3 is 9.80 Å². The van der Waals surface area contributed by atoms with Crippen molar-refractivity contribution in [1.82, 2.24) is 29.6 Å². The summed E-state index contributed by atoms with van der Waals surface area (Å²) in [7, 11) is -2.43. The van der Waals surface area contributed by atoms with Gasteiger partial charge in [-0.15, -0.1) is 10.2 Å². The van der Waals surface area contributed by atoms with Crippen molar-refractivity contribution in [1.29, 1.82) is 5.26 Å². The number of alkyl halides is 2. The molecule has 2 fully saturated rings. The molecule has 1 saturated carbocycles. The van der Waals surface area contributed by atoms with Crippen LogP contribution in [-0.4, -0.2) is 70.4 Å². The van der Waals surface area contributed by atoms with Crippen LogP contribution < -0.4 is 9.62 Å². The number of sulfonamides is 1. The summed E-state index contributed by atoms with van der Waals surface area (Å²) in [4.78, 5) is 16.4. The fraction of sp³-hybridized carbons (Fsp3) is 0.542. The van der Waals surface area contributed by atoms with E-state index in [0.717, 1.165) is 0 Å². The van der Waals surface area contributed by atoms with Crippen LogP contribution in [0.15, 0.2) is 17.0 Å². The Bertz CT molecular complexity index is 1590. The monoisotopic (exact) mass is 578 g/mol. The lowest BCUT2D eigenvalue weighted by molar-refractivity contribution is -0.136. The zero-order valence-electron chi connectivity index (χ0n) is 21.8. The van der Waals surface area contributed by atoms with Crippen molar-refractivity contribution >= 4 is 43.9 Å². The lowest BCUT2D eigenvalue weighted by Gasteiger charge is -2.42. The molecular formula is C24H28F2N8O3S2. The summed E-state index contributed by atoms with van der Waals surface area (Å²) >= 11 is 0.693. The summed E-state index contributed by atoms with van der Waals surface area (Å²) < 4.78 is 57.5. The number of aryl methyl sites for hydroxylation is 1. The van der Waals surface area contributed by atoms with E-state index in [0.29, 0.717) is 60.4 Å². The standard InChI is InChI=1S/C24H28F2N8O3S2/c1-13(2)23(35)34-8-7-33(11-14(34)3)17-10-15(39(36,37)31-24(12-27)5-6-24)9-16-18(30-32(4)19(16)17)21-28-29-22(38-21)20(25)26/h9-10,13-14,20,31H,5-8,11H2,1-4H3/t14-/m0/s1. The maximum atomic E-state index is 13.5. The topological polar surface area (TPSA) is 137 Å². The second-order valence-corrected chi connectivity index (χ2v) is 13.0. The fourth-order valence-electron chi connectivity index (χ4n) is 4.85. The molecule has 1 aliphatic heterocycles. The quantitative estimate of drug-likeness (QED) is 0.452. The maximum absolute atomic E-state index is 13.5. The number of halogens is 2. The van der Waals surface area contributed by atoms with Gasteiger partial charge in [-0.05, 0) is 31.9 Å². The van der Waals surface area contributed by atoms with Gasteiger partial charge in [-0.1, -0.05) is 25.2 Å². The number of amides is 1. The normalized spacial score (nSPS) is 19.2. The predicted octanol–water partition coefficient (Wildman–Crippen LogP) is 3.06. The van der Waals surface area contributed by atoms with Crippen molar-refractivity contribution in [2.45, 2.75) is 56.5 Å². The van der Waals surface area contributed by atoms with Gasteiger partial charge in [0.1, 0.15) is 11.2 Å².